The van der Waals surface area contributed by atoms with Crippen LogP contribution in [0, 0.1) is 25.6 Å². The van der Waals surface area contributed by atoms with Gasteiger partial charge in [0, 0.05) is 12.1 Å². The number of hydrogen-bond donors (Lipinski definition) is 0. The second-order valence-corrected chi connectivity index (χ2v) is 9.09. The summed E-state index contributed by atoms with van der Waals surface area (Å²) in [5.41, 5.74) is 2.97. The van der Waals surface area contributed by atoms with Crippen LogP contribution in [0.5, 0.6) is 0 Å². The molecule has 1 heterocycles. The number of aryl methyl sites for hydroxylation is 2. The van der Waals surface area contributed by atoms with Crippen LogP contribution in [-0.4, -0.2) is 21.6 Å². The normalized spacial score (nSPS) is 16.8. The first-order chi connectivity index (χ1) is 12.2. The van der Waals surface area contributed by atoms with Gasteiger partial charge in [-0.15, -0.1) is 0 Å². The molecule has 0 radical (unpaired) electrons. The van der Waals surface area contributed by atoms with Gasteiger partial charge in [0.1, 0.15) is 11.9 Å². The highest BCUT2D eigenvalue weighted by molar-refractivity contribution is 7.92. The van der Waals surface area contributed by atoms with E-state index in [2.05, 4.69) is 0 Å². The van der Waals surface area contributed by atoms with Gasteiger partial charge in [0.15, 0.2) is 0 Å². The average Bonchev–Trinajstić information content (AvgIpc) is 3.37. The van der Waals surface area contributed by atoms with Gasteiger partial charge in [-0.3, -0.25) is 4.31 Å². The van der Waals surface area contributed by atoms with Crippen molar-refractivity contribution in [3.8, 4) is 0 Å². The Balaban J connectivity index is 2.05. The van der Waals surface area contributed by atoms with E-state index in [1.165, 1.54) is 16.4 Å². The van der Waals surface area contributed by atoms with Gasteiger partial charge >= 0.3 is 0 Å². The number of ether oxygens (including phenoxy) is 1. The largest absolute Gasteiger partial charge is 0.368 e. The van der Waals surface area contributed by atoms with Gasteiger partial charge in [-0.1, -0.05) is 37.6 Å². The molecule has 3 rings (SSSR count). The Hall–Kier alpha value is -1.92. The highest BCUT2D eigenvalue weighted by atomic mass is 32.2. The zero-order chi connectivity index (χ0) is 19.1. The van der Waals surface area contributed by atoms with Crippen molar-refractivity contribution >= 4 is 15.7 Å². The fourth-order valence-corrected chi connectivity index (χ4v) is 4.73. The molecule has 2 aromatic carbocycles. The molecule has 1 fully saturated rings. The molecule has 140 valence electrons. The molecule has 4 nitrogen and oxygen atoms in total. The van der Waals surface area contributed by atoms with Crippen molar-refractivity contribution in [1.82, 2.24) is 0 Å². The molecule has 0 bridgehead atoms. The maximum Gasteiger partial charge on any atom is 0.264 e. The van der Waals surface area contributed by atoms with Gasteiger partial charge in [0.2, 0.25) is 0 Å². The number of halogens is 1. The fraction of sp³-hybridized carbons (Fsp3) is 0.400. The third-order valence-electron chi connectivity index (χ3n) is 4.39. The molecule has 1 unspecified atom stereocenters. The molecule has 1 saturated heterocycles. The summed E-state index contributed by atoms with van der Waals surface area (Å²) < 4.78 is 47.4. The van der Waals surface area contributed by atoms with E-state index in [1.807, 2.05) is 45.9 Å². The molecule has 0 aliphatic carbocycles. The molecule has 0 saturated carbocycles. The summed E-state index contributed by atoms with van der Waals surface area (Å²) in [6, 6.07) is 9.73. The summed E-state index contributed by atoms with van der Waals surface area (Å²) in [6.45, 7) is 8.57. The summed E-state index contributed by atoms with van der Waals surface area (Å²) in [4.78, 5) is -0.0416. The van der Waals surface area contributed by atoms with Crippen molar-refractivity contribution in [1.29, 1.82) is 0 Å². The molecule has 0 amide bonds. The standard InChI is InChI=1S/C20H24FNO3S/c1-13(2)11-22(19-8-5-14(3)9-15(19)4)26(23,24)16-6-7-17(18(21)10-16)20-12-25-20/h5-10,13,20H,11-12H2,1-4H3. The topological polar surface area (TPSA) is 49.9 Å². The van der Waals surface area contributed by atoms with Crippen molar-refractivity contribution < 1.29 is 17.5 Å². The number of anilines is 1. The van der Waals surface area contributed by atoms with E-state index in [0.717, 1.165) is 17.2 Å². The lowest BCUT2D eigenvalue weighted by Crippen LogP contribution is -2.35. The number of nitrogens with zero attached hydrogens (tertiary/aromatic N) is 1. The summed E-state index contributed by atoms with van der Waals surface area (Å²) in [7, 11) is -3.88. The van der Waals surface area contributed by atoms with Gasteiger partial charge in [-0.05, 0) is 43.5 Å². The van der Waals surface area contributed by atoms with Crippen LogP contribution < -0.4 is 4.31 Å². The number of rotatable bonds is 6. The maximum absolute atomic E-state index is 14.4. The lowest BCUT2D eigenvalue weighted by atomic mass is 10.1. The second-order valence-electron chi connectivity index (χ2n) is 7.23. The van der Waals surface area contributed by atoms with Gasteiger partial charge in [0.05, 0.1) is 17.2 Å². The van der Waals surface area contributed by atoms with Gasteiger partial charge in [-0.2, -0.15) is 0 Å². The van der Waals surface area contributed by atoms with Gasteiger partial charge in [0.25, 0.3) is 10.0 Å². The minimum absolute atomic E-state index is 0.0416. The van der Waals surface area contributed by atoms with Crippen LogP contribution in [0.15, 0.2) is 41.3 Å². The van der Waals surface area contributed by atoms with Gasteiger partial charge < -0.3 is 4.74 Å². The zero-order valence-electron chi connectivity index (χ0n) is 15.5. The van der Waals surface area contributed by atoms with Crippen molar-refractivity contribution in [3.63, 3.8) is 0 Å². The summed E-state index contributed by atoms with van der Waals surface area (Å²) in [5.74, 6) is -0.423. The molecular formula is C20H24FNO3S. The number of benzene rings is 2. The Kier molecular flexibility index (Phi) is 5.08. The van der Waals surface area contributed by atoms with E-state index >= 15 is 0 Å². The number of hydrogen-bond acceptors (Lipinski definition) is 3. The van der Waals surface area contributed by atoms with Crippen molar-refractivity contribution in [3.05, 3.63) is 58.9 Å². The second kappa shape index (κ2) is 7.00. The first kappa shape index (κ1) is 18.9. The maximum atomic E-state index is 14.4. The van der Waals surface area contributed by atoms with Crippen LogP contribution >= 0.6 is 0 Å². The first-order valence-electron chi connectivity index (χ1n) is 8.71. The summed E-state index contributed by atoms with van der Waals surface area (Å²) >= 11 is 0. The Morgan fingerprint density at radius 3 is 2.42 bits per heavy atom. The Bertz CT molecular complexity index is 921. The Morgan fingerprint density at radius 2 is 1.88 bits per heavy atom. The fourth-order valence-electron chi connectivity index (χ4n) is 3.03. The minimum Gasteiger partial charge on any atom is -0.368 e. The van der Waals surface area contributed by atoms with E-state index in [1.54, 1.807) is 0 Å². The van der Waals surface area contributed by atoms with E-state index in [4.69, 9.17) is 4.74 Å². The van der Waals surface area contributed by atoms with E-state index < -0.39 is 15.8 Å². The van der Waals surface area contributed by atoms with Crippen LogP contribution in [0.25, 0.3) is 0 Å². The van der Waals surface area contributed by atoms with Crippen molar-refractivity contribution in [2.45, 2.75) is 38.7 Å². The number of epoxide rings is 1. The van der Waals surface area contributed by atoms with Crippen molar-refractivity contribution in [2.75, 3.05) is 17.5 Å². The molecule has 2 aromatic rings. The smallest absolute Gasteiger partial charge is 0.264 e. The Labute approximate surface area is 154 Å². The monoisotopic (exact) mass is 377 g/mol. The van der Waals surface area contributed by atoms with Crippen LogP contribution in [0.3, 0.4) is 0 Å². The third kappa shape index (κ3) is 3.76. The van der Waals surface area contributed by atoms with Crippen LogP contribution in [0.4, 0.5) is 10.1 Å². The summed E-state index contributed by atoms with van der Waals surface area (Å²) in [5, 5.41) is 0. The van der Waals surface area contributed by atoms with E-state index in [-0.39, 0.29) is 16.9 Å². The quantitative estimate of drug-likeness (QED) is 0.703. The number of sulfonamides is 1. The zero-order valence-corrected chi connectivity index (χ0v) is 16.3. The van der Waals surface area contributed by atoms with E-state index in [9.17, 15) is 12.8 Å². The lowest BCUT2D eigenvalue weighted by molar-refractivity contribution is 0.407. The predicted molar refractivity (Wildman–Crippen MR) is 100 cm³/mol. The molecule has 0 aromatic heterocycles. The van der Waals surface area contributed by atoms with Crippen LogP contribution in [0.2, 0.25) is 0 Å². The molecule has 0 spiro atoms. The Morgan fingerprint density at radius 1 is 1.19 bits per heavy atom. The average molecular weight is 377 g/mol. The molecular weight excluding hydrogens is 353 g/mol. The van der Waals surface area contributed by atoms with Gasteiger partial charge in [-0.25, -0.2) is 12.8 Å². The predicted octanol–water partition coefficient (Wildman–Crippen LogP) is 4.37. The van der Waals surface area contributed by atoms with Crippen molar-refractivity contribution in [2.24, 2.45) is 5.92 Å². The molecule has 0 N–H and O–H groups in total. The lowest BCUT2D eigenvalue weighted by Gasteiger charge is -2.28. The van der Waals surface area contributed by atoms with E-state index in [0.29, 0.717) is 24.4 Å². The molecule has 1 aliphatic rings. The summed E-state index contributed by atoms with van der Waals surface area (Å²) in [6.07, 6.45) is -0.252. The van der Waals surface area contributed by atoms with Crippen LogP contribution in [0.1, 0.15) is 36.6 Å². The SMILES string of the molecule is Cc1ccc(N(CC(C)C)S(=O)(=O)c2ccc(C3CO3)c(F)c2)c(C)c1. The molecule has 1 atom stereocenters. The molecule has 26 heavy (non-hydrogen) atoms. The first-order valence-corrected chi connectivity index (χ1v) is 10.1. The third-order valence-corrected chi connectivity index (χ3v) is 6.17. The highest BCUT2D eigenvalue weighted by Gasteiger charge is 2.31. The van der Waals surface area contributed by atoms with Crippen LogP contribution in [-0.2, 0) is 14.8 Å². The highest BCUT2D eigenvalue weighted by Crippen LogP contribution is 2.34. The molecule has 1 aliphatic heterocycles. The minimum atomic E-state index is -3.88. The molecule has 6 heteroatoms.